The van der Waals surface area contributed by atoms with Crippen molar-refractivity contribution in [1.29, 1.82) is 0 Å². The molecule has 2 aliphatic rings. The van der Waals surface area contributed by atoms with Crippen LogP contribution >= 0.6 is 0 Å². The number of benzene rings is 2. The Kier molecular flexibility index (Phi) is 10.2. The number of carbonyl (C=O) groups excluding carboxylic acids is 4. The highest BCUT2D eigenvalue weighted by Crippen LogP contribution is 2.37. The van der Waals surface area contributed by atoms with Gasteiger partial charge in [0.25, 0.3) is 23.2 Å². The van der Waals surface area contributed by atoms with E-state index in [2.05, 4.69) is 0 Å². The van der Waals surface area contributed by atoms with E-state index in [9.17, 15) is 39.4 Å². The van der Waals surface area contributed by atoms with Crippen molar-refractivity contribution in [2.75, 3.05) is 33.2 Å². The van der Waals surface area contributed by atoms with E-state index < -0.39 is 37.6 Å². The fourth-order valence-corrected chi connectivity index (χ4v) is 5.73. The fourth-order valence-electron chi connectivity index (χ4n) is 5.73. The molecule has 4 rings (SSSR count). The van der Waals surface area contributed by atoms with Gasteiger partial charge in [0.1, 0.15) is 0 Å². The highest BCUT2D eigenvalue weighted by molar-refractivity contribution is 6.14. The molecular weight excluding hydrogens is 608 g/mol. The number of rotatable bonds is 10. The highest BCUT2D eigenvalue weighted by Gasteiger charge is 2.46. The molecule has 46 heavy (non-hydrogen) atoms. The first-order valence-electron chi connectivity index (χ1n) is 14.3. The van der Waals surface area contributed by atoms with Crippen LogP contribution in [0, 0.1) is 35.6 Å². The summed E-state index contributed by atoms with van der Waals surface area (Å²) in [6.45, 7) is 8.23. The van der Waals surface area contributed by atoms with Crippen molar-refractivity contribution >= 4 is 35.0 Å². The second kappa shape index (κ2) is 13.4. The van der Waals surface area contributed by atoms with Gasteiger partial charge in [-0.1, -0.05) is 12.1 Å². The molecule has 0 spiro atoms. The molecule has 0 aromatic heterocycles. The van der Waals surface area contributed by atoms with Gasteiger partial charge >= 0.3 is 0 Å². The van der Waals surface area contributed by atoms with Crippen LogP contribution in [0.3, 0.4) is 0 Å². The average molecular weight is 643 g/mol. The maximum Gasteiger partial charge on any atom is 0.270 e. The lowest BCUT2D eigenvalue weighted by atomic mass is 9.77. The molecule has 17 nitrogen and oxygen atoms in total. The third-order valence-electron chi connectivity index (χ3n) is 8.26. The Balaban J connectivity index is 0.00000136. The van der Waals surface area contributed by atoms with Gasteiger partial charge in [0.05, 0.1) is 57.0 Å². The Bertz CT molecular complexity index is 1510. The van der Waals surface area contributed by atoms with Crippen LogP contribution < -0.4 is 4.90 Å². The van der Waals surface area contributed by atoms with E-state index in [4.69, 9.17) is 15.3 Å². The van der Waals surface area contributed by atoms with E-state index >= 15 is 0 Å². The van der Waals surface area contributed by atoms with Crippen LogP contribution in [0.1, 0.15) is 72.4 Å². The molecule has 0 saturated heterocycles. The van der Waals surface area contributed by atoms with Crippen molar-refractivity contribution in [3.63, 3.8) is 0 Å². The Morgan fingerprint density at radius 2 is 0.978 bits per heavy atom. The van der Waals surface area contributed by atoms with Gasteiger partial charge in [0.2, 0.25) is 11.8 Å². The van der Waals surface area contributed by atoms with Crippen LogP contribution in [0.4, 0.5) is 11.4 Å². The summed E-state index contributed by atoms with van der Waals surface area (Å²) in [5.74, 6) is -1.84. The van der Waals surface area contributed by atoms with E-state index in [0.29, 0.717) is 37.1 Å². The van der Waals surface area contributed by atoms with Crippen LogP contribution in [-0.2, 0) is 20.4 Å². The highest BCUT2D eigenvalue weighted by atomic mass is 16.9. The molecule has 0 saturated carbocycles. The minimum atomic E-state index is -1.75. The Hall–Kier alpha value is -5.32. The van der Waals surface area contributed by atoms with Crippen LogP contribution in [0.5, 0.6) is 0 Å². The molecule has 2 heterocycles. The van der Waals surface area contributed by atoms with Crippen molar-refractivity contribution < 1.29 is 39.0 Å². The fraction of sp³-hybridized carbons (Fsp3) is 0.448. The molecule has 0 aliphatic carbocycles. The number of nitrogens with zero attached hydrogens (tertiary/aromatic N) is 5. The standard InChI is InChI=1S/C29H33N5O8.NO3/c1-28(2)22-10-8-18(33(39)40)16-20(22)24(35)31(26(28)37)14-6-12-30(5)13-7-15-32-25(36)21-17-19(34(41)42)9-11-23(21)29(3,4)27(32)38;2-1(3)4/h8-11,16-17H,6-7,12-15H2,1-5H3;/q;-1/p+1. The van der Waals surface area contributed by atoms with E-state index in [-0.39, 0.29) is 47.4 Å². The van der Waals surface area contributed by atoms with Gasteiger partial charge in [0.15, 0.2) is 0 Å². The zero-order valence-corrected chi connectivity index (χ0v) is 25.9. The van der Waals surface area contributed by atoms with E-state index in [0.717, 1.165) is 14.7 Å². The second-order valence-corrected chi connectivity index (χ2v) is 12.1. The smallest absolute Gasteiger partial charge is 0.270 e. The number of fused-ring (bicyclic) bond motifs is 2. The number of nitrogens with one attached hydrogen (secondary N) is 1. The molecule has 2 aromatic rings. The minimum absolute atomic E-state index is 0.146. The van der Waals surface area contributed by atoms with Gasteiger partial charge in [-0.15, -0.1) is 0 Å². The van der Waals surface area contributed by atoms with Crippen LogP contribution in [0.2, 0.25) is 0 Å². The molecule has 0 unspecified atom stereocenters. The third kappa shape index (κ3) is 6.98. The number of amides is 4. The monoisotopic (exact) mass is 642 g/mol. The predicted octanol–water partition coefficient (Wildman–Crippen LogP) is 1.78. The maximum absolute atomic E-state index is 13.2. The van der Waals surface area contributed by atoms with Gasteiger partial charge in [-0.2, -0.15) is 0 Å². The zero-order valence-electron chi connectivity index (χ0n) is 25.9. The number of quaternary nitrogens is 1. The van der Waals surface area contributed by atoms with Gasteiger partial charge in [-0.05, 0) is 38.8 Å². The summed E-state index contributed by atoms with van der Waals surface area (Å²) < 4.78 is 0. The van der Waals surface area contributed by atoms with Crippen molar-refractivity contribution in [3.05, 3.63) is 94.2 Å². The average Bonchev–Trinajstić information content (AvgIpc) is 2.98. The van der Waals surface area contributed by atoms with Gasteiger partial charge < -0.3 is 20.2 Å². The summed E-state index contributed by atoms with van der Waals surface area (Å²) in [6.07, 6.45) is 0.963. The van der Waals surface area contributed by atoms with Crippen LogP contribution in [0.25, 0.3) is 0 Å². The lowest BCUT2D eigenvalue weighted by Crippen LogP contribution is -3.09. The SMILES string of the molecule is C[NH+](CCCN1C(=O)c2cc([N+](=O)[O-])ccc2C(C)(C)C1=O)CCCN1C(=O)c2cc([N+](=O)[O-])ccc2C(C)(C)C1=O.O=[N+]([O-])[O-]. The molecule has 0 bridgehead atoms. The van der Waals surface area contributed by atoms with Crippen molar-refractivity contribution in [2.24, 2.45) is 0 Å². The first kappa shape index (κ1) is 35.2. The normalized spacial score (nSPS) is 16.4. The largest absolute Gasteiger partial charge is 0.356 e. The maximum atomic E-state index is 13.2. The Morgan fingerprint density at radius 1 is 0.652 bits per heavy atom. The first-order valence-corrected chi connectivity index (χ1v) is 14.3. The molecule has 4 amide bonds. The Labute approximate surface area is 262 Å². The van der Waals surface area contributed by atoms with Crippen molar-refractivity contribution in [2.45, 2.75) is 51.4 Å². The summed E-state index contributed by atoms with van der Waals surface area (Å²) in [4.78, 5) is 85.6. The number of carbonyl (C=O) groups is 4. The molecule has 246 valence electrons. The van der Waals surface area contributed by atoms with Gasteiger partial charge in [0, 0.05) is 50.2 Å². The van der Waals surface area contributed by atoms with Crippen molar-refractivity contribution in [1.82, 2.24) is 9.80 Å². The summed E-state index contributed by atoms with van der Waals surface area (Å²) in [5, 5.41) is 37.2. The molecule has 0 fully saturated rings. The molecule has 2 aliphatic heterocycles. The lowest BCUT2D eigenvalue weighted by Gasteiger charge is -2.37. The van der Waals surface area contributed by atoms with Gasteiger partial charge in [-0.25, -0.2) is 0 Å². The summed E-state index contributed by atoms with van der Waals surface area (Å²) >= 11 is 0. The number of non-ortho nitro benzene ring substituents is 2. The van der Waals surface area contributed by atoms with Gasteiger partial charge in [-0.3, -0.25) is 49.2 Å². The van der Waals surface area contributed by atoms with E-state index in [1.165, 1.54) is 36.4 Å². The molecule has 17 heteroatoms. The van der Waals surface area contributed by atoms with Crippen LogP contribution in [0.15, 0.2) is 36.4 Å². The summed E-state index contributed by atoms with van der Waals surface area (Å²) in [5.41, 5.74) is -1.23. The van der Waals surface area contributed by atoms with E-state index in [1.54, 1.807) is 27.7 Å². The predicted molar refractivity (Wildman–Crippen MR) is 161 cm³/mol. The molecule has 0 radical (unpaired) electrons. The van der Waals surface area contributed by atoms with Crippen molar-refractivity contribution in [3.8, 4) is 0 Å². The number of imide groups is 2. The molecule has 2 aromatic carbocycles. The zero-order chi connectivity index (χ0) is 34.7. The minimum Gasteiger partial charge on any atom is -0.356 e. The van der Waals surface area contributed by atoms with Crippen LogP contribution in [-0.4, -0.2) is 81.6 Å². The second-order valence-electron chi connectivity index (χ2n) is 12.1. The lowest BCUT2D eigenvalue weighted by molar-refractivity contribution is -0.879. The quantitative estimate of drug-likeness (QED) is 0.223. The number of nitro benzene ring substituents is 2. The summed E-state index contributed by atoms with van der Waals surface area (Å²) in [6, 6.07) is 7.97. The van der Waals surface area contributed by atoms with E-state index in [1.807, 2.05) is 7.05 Å². The number of nitro groups is 2. The topological polar surface area (TPSA) is 232 Å². The summed E-state index contributed by atoms with van der Waals surface area (Å²) in [7, 11) is 1.92. The first-order chi connectivity index (χ1) is 21.3. The molecule has 1 N–H and O–H groups in total. The molecule has 0 atom stereocenters. The molecular formula is C29H34N6O11. The third-order valence-corrected chi connectivity index (χ3v) is 8.26. The number of hydrogen-bond acceptors (Lipinski definition) is 11. The number of hydrogen-bond donors (Lipinski definition) is 1. The Morgan fingerprint density at radius 3 is 1.28 bits per heavy atom.